The number of rotatable bonds is 4. The highest BCUT2D eigenvalue weighted by Crippen LogP contribution is 2.64. The van der Waals surface area contributed by atoms with Gasteiger partial charge in [0.15, 0.2) is 17.5 Å². The van der Waals surface area contributed by atoms with Gasteiger partial charge in [0.2, 0.25) is 0 Å². The first-order valence-corrected chi connectivity index (χ1v) is 19.8. The number of fused-ring (bicyclic) bond motifs is 11. The predicted octanol–water partition coefficient (Wildman–Crippen LogP) is 13.3. The van der Waals surface area contributed by atoms with Crippen molar-refractivity contribution in [3.8, 4) is 45.3 Å². The molecule has 10 aromatic rings. The number of hydrogen-bond acceptors (Lipinski definition) is 4. The van der Waals surface area contributed by atoms with E-state index in [1.807, 2.05) is 0 Å². The van der Waals surface area contributed by atoms with Crippen molar-refractivity contribution in [1.29, 1.82) is 0 Å². The predicted molar refractivity (Wildman–Crippen MR) is 237 cm³/mol. The number of nitrogens with zero attached hydrogens (tertiary/aromatic N) is 4. The summed E-state index contributed by atoms with van der Waals surface area (Å²) < 4.78 is 0. The second-order valence-electron chi connectivity index (χ2n) is 15.2. The van der Waals surface area contributed by atoms with Crippen LogP contribution in [-0.2, 0) is 5.41 Å². The summed E-state index contributed by atoms with van der Waals surface area (Å²) in [5, 5.41) is 4.63. The minimum Gasteiger partial charge on any atom is -0.310 e. The van der Waals surface area contributed by atoms with E-state index in [1.54, 1.807) is 0 Å². The van der Waals surface area contributed by atoms with E-state index in [0.717, 1.165) is 44.5 Å². The fourth-order valence-corrected chi connectivity index (χ4v) is 9.62. The maximum Gasteiger partial charge on any atom is 0.164 e. The van der Waals surface area contributed by atoms with Crippen LogP contribution in [0.3, 0.4) is 0 Å². The third kappa shape index (κ3) is 4.72. The van der Waals surface area contributed by atoms with Gasteiger partial charge in [-0.3, -0.25) is 0 Å². The zero-order chi connectivity index (χ0) is 38.2. The Balaban J connectivity index is 1.17. The summed E-state index contributed by atoms with van der Waals surface area (Å²) in [5.74, 6) is 1.92. The van der Waals surface area contributed by atoms with Crippen molar-refractivity contribution in [2.45, 2.75) is 5.41 Å². The van der Waals surface area contributed by atoms with Gasteiger partial charge in [0.25, 0.3) is 0 Å². The van der Waals surface area contributed by atoms with Crippen LogP contribution in [0.2, 0.25) is 0 Å². The molecule has 270 valence electrons. The Kier molecular flexibility index (Phi) is 7.11. The Morgan fingerprint density at radius 3 is 1.41 bits per heavy atom. The van der Waals surface area contributed by atoms with Crippen LogP contribution in [0.4, 0.5) is 17.1 Å². The van der Waals surface area contributed by atoms with E-state index in [4.69, 9.17) is 15.0 Å². The van der Waals surface area contributed by atoms with Gasteiger partial charge in [0.1, 0.15) is 0 Å². The van der Waals surface area contributed by atoms with E-state index < -0.39 is 5.41 Å². The first-order chi connectivity index (χ1) is 28.8. The molecule has 2 aliphatic rings. The van der Waals surface area contributed by atoms with Gasteiger partial charge in [-0.15, -0.1) is 0 Å². The third-order valence-electron chi connectivity index (χ3n) is 12.1. The van der Waals surface area contributed by atoms with Crippen LogP contribution < -0.4 is 4.90 Å². The highest BCUT2D eigenvalue weighted by Gasteiger charge is 2.53. The van der Waals surface area contributed by atoms with Gasteiger partial charge >= 0.3 is 0 Å². The summed E-state index contributed by atoms with van der Waals surface area (Å²) in [4.78, 5) is 18.5. The van der Waals surface area contributed by atoms with Crippen molar-refractivity contribution in [3.05, 3.63) is 229 Å². The molecule has 1 aliphatic carbocycles. The zero-order valence-corrected chi connectivity index (χ0v) is 31.4. The normalized spacial score (nSPS) is 13.3. The SMILES string of the molecule is c1ccc(N2c3ccccc3C3(c4ccccc4-c4cccc(-c5nc(-c6ccc7ccccc7c6)nc(-c6ccc7ccccc7c6)n5)c43)c3ccccc32)cc1. The molecule has 0 amide bonds. The Labute approximate surface area is 336 Å². The van der Waals surface area contributed by atoms with Gasteiger partial charge in [0, 0.05) is 22.4 Å². The van der Waals surface area contributed by atoms with Crippen molar-refractivity contribution in [3.63, 3.8) is 0 Å². The second-order valence-corrected chi connectivity index (χ2v) is 15.2. The highest BCUT2D eigenvalue weighted by molar-refractivity contribution is 5.99. The van der Waals surface area contributed by atoms with Crippen LogP contribution in [0.5, 0.6) is 0 Å². The summed E-state index contributed by atoms with van der Waals surface area (Å²) in [5.41, 5.74) is 12.9. The van der Waals surface area contributed by atoms with Gasteiger partial charge < -0.3 is 4.90 Å². The lowest BCUT2D eigenvalue weighted by molar-refractivity contribution is 0.753. The lowest BCUT2D eigenvalue weighted by atomic mass is 9.63. The molecular formula is C54H34N4. The van der Waals surface area contributed by atoms with E-state index in [9.17, 15) is 0 Å². The molecule has 4 nitrogen and oxygen atoms in total. The molecule has 12 rings (SSSR count). The number of aromatic nitrogens is 3. The molecule has 0 fully saturated rings. The van der Waals surface area contributed by atoms with Gasteiger partial charge in [-0.25, -0.2) is 15.0 Å². The topological polar surface area (TPSA) is 41.9 Å². The summed E-state index contributed by atoms with van der Waals surface area (Å²) in [7, 11) is 0. The van der Waals surface area contributed by atoms with Crippen molar-refractivity contribution in [1.82, 2.24) is 15.0 Å². The van der Waals surface area contributed by atoms with Crippen LogP contribution in [0.15, 0.2) is 206 Å². The van der Waals surface area contributed by atoms with Gasteiger partial charge in [-0.1, -0.05) is 170 Å². The quantitative estimate of drug-likeness (QED) is 0.180. The molecule has 0 atom stereocenters. The minimum absolute atomic E-state index is 0.640. The summed E-state index contributed by atoms with van der Waals surface area (Å²) in [6, 6.07) is 73.9. The Morgan fingerprint density at radius 2 is 0.793 bits per heavy atom. The van der Waals surface area contributed by atoms with Crippen molar-refractivity contribution >= 4 is 38.6 Å². The number of para-hydroxylation sites is 3. The molecule has 1 spiro atoms. The Morgan fingerprint density at radius 1 is 0.328 bits per heavy atom. The van der Waals surface area contributed by atoms with Crippen LogP contribution in [0, 0.1) is 0 Å². The summed E-state index contributed by atoms with van der Waals surface area (Å²) in [6.45, 7) is 0. The maximum atomic E-state index is 5.43. The number of hydrogen-bond donors (Lipinski definition) is 0. The van der Waals surface area contributed by atoms with Crippen molar-refractivity contribution in [2.75, 3.05) is 4.90 Å². The highest BCUT2D eigenvalue weighted by atomic mass is 15.2. The molecule has 4 heteroatoms. The average molecular weight is 739 g/mol. The van der Waals surface area contributed by atoms with Crippen LogP contribution in [0.1, 0.15) is 22.3 Å². The van der Waals surface area contributed by atoms with E-state index in [2.05, 4.69) is 211 Å². The molecule has 58 heavy (non-hydrogen) atoms. The molecule has 0 saturated heterocycles. The average Bonchev–Trinajstić information content (AvgIpc) is 3.60. The molecule has 0 radical (unpaired) electrons. The fraction of sp³-hybridized carbons (Fsp3) is 0.0185. The summed E-state index contributed by atoms with van der Waals surface area (Å²) in [6.07, 6.45) is 0. The molecule has 0 saturated carbocycles. The van der Waals surface area contributed by atoms with E-state index >= 15 is 0 Å². The maximum absolute atomic E-state index is 5.43. The summed E-state index contributed by atoms with van der Waals surface area (Å²) >= 11 is 0. The van der Waals surface area contributed by atoms with Crippen LogP contribution in [-0.4, -0.2) is 15.0 Å². The lowest BCUT2D eigenvalue weighted by Gasteiger charge is -2.45. The van der Waals surface area contributed by atoms with Crippen LogP contribution >= 0.6 is 0 Å². The number of anilines is 3. The first-order valence-electron chi connectivity index (χ1n) is 19.8. The molecule has 9 aromatic carbocycles. The molecular weight excluding hydrogens is 705 g/mol. The lowest BCUT2D eigenvalue weighted by Crippen LogP contribution is -2.36. The molecule has 1 aliphatic heterocycles. The molecule has 1 aromatic heterocycles. The molecule has 0 unspecified atom stereocenters. The first kappa shape index (κ1) is 32.5. The largest absolute Gasteiger partial charge is 0.310 e. The van der Waals surface area contributed by atoms with Crippen molar-refractivity contribution in [2.24, 2.45) is 0 Å². The Bertz CT molecular complexity index is 3110. The van der Waals surface area contributed by atoms with Gasteiger partial charge in [-0.05, 0) is 91.3 Å². The van der Waals surface area contributed by atoms with E-state index in [0.29, 0.717) is 17.5 Å². The van der Waals surface area contributed by atoms with Gasteiger partial charge in [0.05, 0.1) is 16.8 Å². The van der Waals surface area contributed by atoms with Crippen molar-refractivity contribution < 1.29 is 0 Å². The fourth-order valence-electron chi connectivity index (χ4n) is 9.62. The van der Waals surface area contributed by atoms with Crippen LogP contribution in [0.25, 0.3) is 66.8 Å². The second kappa shape index (κ2) is 12.7. The smallest absolute Gasteiger partial charge is 0.164 e. The molecule has 0 bridgehead atoms. The number of benzene rings is 9. The minimum atomic E-state index is -0.667. The zero-order valence-electron chi connectivity index (χ0n) is 31.4. The van der Waals surface area contributed by atoms with Gasteiger partial charge in [-0.2, -0.15) is 0 Å². The monoisotopic (exact) mass is 738 g/mol. The molecule has 0 N–H and O–H groups in total. The Hall–Kier alpha value is -7.69. The third-order valence-corrected chi connectivity index (χ3v) is 12.1. The van der Waals surface area contributed by atoms with E-state index in [-0.39, 0.29) is 0 Å². The molecule has 2 heterocycles. The standard InChI is InChI=1S/C54H34N4/c1-2-19-41(20-3-1)58-48-27-12-10-25-46(48)54(47-26-11-13-28-49(47)58)45-24-9-8-21-42(45)43-22-14-23-44(50(43)54)53-56-51(39-31-29-35-15-4-6-17-37(35)33-39)55-52(57-53)40-32-30-36-16-5-7-18-38(36)34-40/h1-34H. The van der Waals surface area contributed by atoms with E-state index in [1.165, 1.54) is 44.2 Å².